The second-order valence-corrected chi connectivity index (χ2v) is 9.26. The molecular formula is C21H20Cl3N5O2S. The van der Waals surface area contributed by atoms with Gasteiger partial charge in [0.2, 0.25) is 11.0 Å². The number of urea groups is 1. The minimum atomic E-state index is -0.801. The summed E-state index contributed by atoms with van der Waals surface area (Å²) in [5, 5.41) is 18.5. The maximum absolute atomic E-state index is 12.9. The molecule has 3 aromatic rings. The van der Waals surface area contributed by atoms with Crippen molar-refractivity contribution < 1.29 is 9.59 Å². The number of nitrogens with one attached hydrogen (secondary N) is 3. The highest BCUT2D eigenvalue weighted by atomic mass is 35.5. The van der Waals surface area contributed by atoms with Gasteiger partial charge in [0, 0.05) is 15.6 Å². The number of halogens is 3. The van der Waals surface area contributed by atoms with Crippen molar-refractivity contribution in [3.8, 4) is 10.6 Å². The summed E-state index contributed by atoms with van der Waals surface area (Å²) in [6.07, 6.45) is 0.671. The topological polar surface area (TPSA) is 96.0 Å². The van der Waals surface area contributed by atoms with Gasteiger partial charge < -0.3 is 10.6 Å². The number of carbonyl (C=O) groups excluding carboxylic acids is 2. The fraction of sp³-hybridized carbons (Fsp3) is 0.238. The number of rotatable bonds is 7. The predicted molar refractivity (Wildman–Crippen MR) is 131 cm³/mol. The molecule has 3 rings (SSSR count). The number of benzene rings is 2. The molecule has 0 unspecified atom stereocenters. The Morgan fingerprint density at radius 1 is 1.03 bits per heavy atom. The van der Waals surface area contributed by atoms with Gasteiger partial charge in [-0.25, -0.2) is 4.79 Å². The molecule has 3 amide bonds. The van der Waals surface area contributed by atoms with Crippen molar-refractivity contribution in [1.82, 2.24) is 15.5 Å². The molecule has 1 aromatic heterocycles. The van der Waals surface area contributed by atoms with Crippen molar-refractivity contribution in [1.29, 1.82) is 0 Å². The van der Waals surface area contributed by atoms with Crippen LogP contribution in [-0.4, -0.2) is 28.2 Å². The summed E-state index contributed by atoms with van der Waals surface area (Å²) in [4.78, 5) is 25.5. The summed E-state index contributed by atoms with van der Waals surface area (Å²) in [5.41, 5.74) is 1.18. The maximum Gasteiger partial charge on any atom is 0.319 e. The average Bonchev–Trinajstić information content (AvgIpc) is 3.22. The van der Waals surface area contributed by atoms with Crippen LogP contribution in [0.1, 0.15) is 20.3 Å². The Morgan fingerprint density at radius 2 is 1.78 bits per heavy atom. The standard InChI is InChI=1S/C21H20Cl3N5O2S/c1-3-11(2)17(26-20(31)25-16-8-7-14(23)10-15(16)24)18(30)27-21-29-28-19(32-21)12-5-4-6-13(22)9-12/h4-11,17H,3H2,1-2H3,(H2,25,26,31)(H,27,29,30)/t11-,17-/m0/s1. The summed E-state index contributed by atoms with van der Waals surface area (Å²) in [6.45, 7) is 3.81. The van der Waals surface area contributed by atoms with E-state index in [1.54, 1.807) is 24.3 Å². The van der Waals surface area contributed by atoms with E-state index in [0.29, 0.717) is 37.3 Å². The van der Waals surface area contributed by atoms with Crippen molar-refractivity contribution in [3.05, 3.63) is 57.5 Å². The highest BCUT2D eigenvalue weighted by Crippen LogP contribution is 2.28. The zero-order valence-electron chi connectivity index (χ0n) is 17.2. The van der Waals surface area contributed by atoms with Gasteiger partial charge in [-0.15, -0.1) is 10.2 Å². The van der Waals surface area contributed by atoms with Gasteiger partial charge in [-0.2, -0.15) is 0 Å². The second kappa shape index (κ2) is 11.0. The van der Waals surface area contributed by atoms with Gasteiger partial charge in [0.1, 0.15) is 11.0 Å². The SMILES string of the molecule is CC[C@H](C)[C@H](NC(=O)Nc1ccc(Cl)cc1Cl)C(=O)Nc1nnc(-c2cccc(Cl)c2)s1. The summed E-state index contributed by atoms with van der Waals surface area (Å²) in [7, 11) is 0. The summed E-state index contributed by atoms with van der Waals surface area (Å²) < 4.78 is 0. The van der Waals surface area contributed by atoms with Crippen molar-refractivity contribution in [3.63, 3.8) is 0 Å². The Bertz CT molecular complexity index is 1120. The Balaban J connectivity index is 1.69. The molecule has 32 heavy (non-hydrogen) atoms. The molecule has 1 heterocycles. The molecule has 0 radical (unpaired) electrons. The molecule has 0 fully saturated rings. The van der Waals surface area contributed by atoms with Crippen molar-refractivity contribution in [2.75, 3.05) is 10.6 Å². The largest absolute Gasteiger partial charge is 0.326 e. The molecule has 2 atom stereocenters. The maximum atomic E-state index is 12.9. The first kappa shape index (κ1) is 24.3. The monoisotopic (exact) mass is 511 g/mol. The van der Waals surface area contributed by atoms with Crippen LogP contribution in [-0.2, 0) is 4.79 Å². The molecule has 3 N–H and O–H groups in total. The number of carbonyl (C=O) groups is 2. The molecule has 7 nitrogen and oxygen atoms in total. The molecule has 0 aliphatic carbocycles. The lowest BCUT2D eigenvalue weighted by molar-refractivity contribution is -0.119. The van der Waals surface area contributed by atoms with Crippen LogP contribution in [0.4, 0.5) is 15.6 Å². The Hall–Kier alpha value is -2.39. The van der Waals surface area contributed by atoms with Gasteiger partial charge in [-0.3, -0.25) is 10.1 Å². The molecule has 0 saturated carbocycles. The lowest BCUT2D eigenvalue weighted by Gasteiger charge is -2.23. The van der Waals surface area contributed by atoms with E-state index in [4.69, 9.17) is 34.8 Å². The van der Waals surface area contributed by atoms with Crippen molar-refractivity contribution in [2.45, 2.75) is 26.3 Å². The predicted octanol–water partition coefficient (Wildman–Crippen LogP) is 6.34. The smallest absolute Gasteiger partial charge is 0.319 e. The van der Waals surface area contributed by atoms with Crippen LogP contribution >= 0.6 is 46.1 Å². The first-order valence-corrected chi connectivity index (χ1v) is 11.6. The van der Waals surface area contributed by atoms with Crippen LogP contribution in [0.3, 0.4) is 0 Å². The number of amides is 3. The zero-order valence-corrected chi connectivity index (χ0v) is 20.2. The molecule has 11 heteroatoms. The lowest BCUT2D eigenvalue weighted by Crippen LogP contribution is -2.49. The molecular weight excluding hydrogens is 493 g/mol. The molecule has 2 aromatic carbocycles. The van der Waals surface area contributed by atoms with Gasteiger partial charge >= 0.3 is 6.03 Å². The van der Waals surface area contributed by atoms with Gasteiger partial charge in [0.15, 0.2) is 0 Å². The third-order valence-electron chi connectivity index (χ3n) is 4.69. The minimum Gasteiger partial charge on any atom is -0.326 e. The Kier molecular flexibility index (Phi) is 8.31. The van der Waals surface area contributed by atoms with Crippen LogP contribution in [0.25, 0.3) is 10.6 Å². The average molecular weight is 513 g/mol. The first-order chi connectivity index (χ1) is 15.3. The zero-order chi connectivity index (χ0) is 23.3. The van der Waals surface area contributed by atoms with Crippen LogP contribution < -0.4 is 16.0 Å². The number of aromatic nitrogens is 2. The minimum absolute atomic E-state index is 0.137. The molecule has 0 aliphatic heterocycles. The van der Waals surface area contributed by atoms with Gasteiger partial charge in [0.25, 0.3) is 0 Å². The van der Waals surface area contributed by atoms with Crippen LogP contribution in [0.5, 0.6) is 0 Å². The number of anilines is 2. The highest BCUT2D eigenvalue weighted by molar-refractivity contribution is 7.18. The Labute approximate surface area is 204 Å². The van der Waals surface area contributed by atoms with E-state index >= 15 is 0 Å². The number of hydrogen-bond acceptors (Lipinski definition) is 5. The Morgan fingerprint density at radius 3 is 2.47 bits per heavy atom. The normalized spacial score (nSPS) is 12.7. The molecule has 168 valence electrons. The van der Waals surface area contributed by atoms with E-state index in [0.717, 1.165) is 5.56 Å². The molecule has 0 aliphatic rings. The van der Waals surface area contributed by atoms with Crippen LogP contribution in [0.15, 0.2) is 42.5 Å². The van der Waals surface area contributed by atoms with Crippen LogP contribution in [0.2, 0.25) is 15.1 Å². The van der Waals surface area contributed by atoms with E-state index in [1.807, 2.05) is 26.0 Å². The fourth-order valence-electron chi connectivity index (χ4n) is 2.79. The lowest BCUT2D eigenvalue weighted by atomic mass is 9.98. The van der Waals surface area contributed by atoms with E-state index < -0.39 is 18.0 Å². The first-order valence-electron chi connectivity index (χ1n) is 9.69. The third-order valence-corrected chi connectivity index (χ3v) is 6.36. The van der Waals surface area contributed by atoms with Gasteiger partial charge in [-0.1, -0.05) is 78.5 Å². The van der Waals surface area contributed by atoms with Gasteiger partial charge in [-0.05, 0) is 36.2 Å². The highest BCUT2D eigenvalue weighted by Gasteiger charge is 2.27. The number of hydrogen-bond donors (Lipinski definition) is 3. The second-order valence-electron chi connectivity index (χ2n) is 7.00. The van der Waals surface area contributed by atoms with E-state index in [2.05, 4.69) is 26.1 Å². The van der Waals surface area contributed by atoms with E-state index in [-0.39, 0.29) is 5.92 Å². The van der Waals surface area contributed by atoms with E-state index in [9.17, 15) is 9.59 Å². The van der Waals surface area contributed by atoms with Crippen LogP contribution in [0, 0.1) is 5.92 Å². The summed E-state index contributed by atoms with van der Waals surface area (Å²) >= 11 is 19.2. The molecule has 0 spiro atoms. The van der Waals surface area contributed by atoms with E-state index in [1.165, 1.54) is 17.4 Å². The quantitative estimate of drug-likeness (QED) is 0.344. The molecule has 0 saturated heterocycles. The van der Waals surface area contributed by atoms with Crippen molar-refractivity contribution >= 4 is 68.9 Å². The summed E-state index contributed by atoms with van der Waals surface area (Å²) in [6, 6.07) is 10.5. The van der Waals surface area contributed by atoms with Gasteiger partial charge in [0.05, 0.1) is 10.7 Å². The number of nitrogens with zero attached hydrogens (tertiary/aromatic N) is 2. The molecule has 0 bridgehead atoms. The fourth-order valence-corrected chi connectivity index (χ4v) is 4.18. The summed E-state index contributed by atoms with van der Waals surface area (Å²) in [5.74, 6) is -0.535. The van der Waals surface area contributed by atoms with Crippen molar-refractivity contribution in [2.24, 2.45) is 5.92 Å². The third kappa shape index (κ3) is 6.32.